The molecule has 0 aromatic rings. The smallest absolute Gasteiger partial charge is 0.306 e. The Labute approximate surface area is 463 Å². The molecule has 0 aliphatic carbocycles. The molecule has 0 aliphatic heterocycles. The Balaban J connectivity index is 4.01. The van der Waals surface area contributed by atoms with Crippen molar-refractivity contribution in [2.75, 3.05) is 13.2 Å². The largest absolute Gasteiger partial charge is 0.462 e. The highest BCUT2D eigenvalue weighted by molar-refractivity contribution is 5.71. The van der Waals surface area contributed by atoms with Crippen LogP contribution in [0.15, 0.2) is 0 Å². The molecule has 0 aliphatic rings. The fourth-order valence-corrected chi connectivity index (χ4v) is 10.7. The van der Waals surface area contributed by atoms with Crippen LogP contribution in [0, 0.1) is 0 Å². The fraction of sp³-hybridized carbons (Fsp3) is 0.956. The Morgan fingerprint density at radius 2 is 0.365 bits per heavy atom. The minimum Gasteiger partial charge on any atom is -0.462 e. The van der Waals surface area contributed by atoms with Crippen LogP contribution in [0.2, 0.25) is 0 Å². The van der Waals surface area contributed by atoms with Crippen molar-refractivity contribution in [3.63, 3.8) is 0 Å². The van der Waals surface area contributed by atoms with E-state index >= 15 is 0 Å². The quantitative estimate of drug-likeness (QED) is 0.0343. The third-order valence-corrected chi connectivity index (χ3v) is 15.9. The molecule has 0 fully saturated rings. The van der Waals surface area contributed by atoms with Gasteiger partial charge >= 0.3 is 17.9 Å². The van der Waals surface area contributed by atoms with Gasteiger partial charge in [0.25, 0.3) is 0 Å². The van der Waals surface area contributed by atoms with Gasteiger partial charge in [0.05, 0.1) is 0 Å². The van der Waals surface area contributed by atoms with Gasteiger partial charge in [-0.3, -0.25) is 14.4 Å². The van der Waals surface area contributed by atoms with Gasteiger partial charge in [-0.2, -0.15) is 0 Å². The van der Waals surface area contributed by atoms with Gasteiger partial charge in [-0.25, -0.2) is 0 Å². The molecule has 74 heavy (non-hydrogen) atoms. The second-order valence-electron chi connectivity index (χ2n) is 23.5. The summed E-state index contributed by atoms with van der Waals surface area (Å²) in [5, 5.41) is 0. The number of hydrogen-bond acceptors (Lipinski definition) is 6. The van der Waals surface area contributed by atoms with Crippen molar-refractivity contribution in [3.8, 4) is 0 Å². The summed E-state index contributed by atoms with van der Waals surface area (Å²) in [6.45, 7) is 6.69. The molecular weight excluding hydrogens is 913 g/mol. The number of carbonyl (C=O) groups is 3. The summed E-state index contributed by atoms with van der Waals surface area (Å²) in [7, 11) is 0. The lowest BCUT2D eigenvalue weighted by Gasteiger charge is -2.18. The lowest BCUT2D eigenvalue weighted by molar-refractivity contribution is -0.167. The lowest BCUT2D eigenvalue weighted by Crippen LogP contribution is -2.30. The van der Waals surface area contributed by atoms with Crippen molar-refractivity contribution >= 4 is 17.9 Å². The molecule has 0 heterocycles. The van der Waals surface area contributed by atoms with E-state index < -0.39 is 6.10 Å². The van der Waals surface area contributed by atoms with Gasteiger partial charge < -0.3 is 14.2 Å². The van der Waals surface area contributed by atoms with Crippen molar-refractivity contribution in [1.82, 2.24) is 0 Å². The summed E-state index contributed by atoms with van der Waals surface area (Å²) >= 11 is 0. The van der Waals surface area contributed by atoms with Crippen LogP contribution in [-0.4, -0.2) is 37.2 Å². The van der Waals surface area contributed by atoms with E-state index in [1.54, 1.807) is 0 Å². The molecule has 6 nitrogen and oxygen atoms in total. The summed E-state index contributed by atoms with van der Waals surface area (Å²) in [6.07, 6.45) is 74.5. The highest BCUT2D eigenvalue weighted by Gasteiger charge is 2.19. The van der Waals surface area contributed by atoms with Gasteiger partial charge in [-0.1, -0.05) is 361 Å². The van der Waals surface area contributed by atoms with Gasteiger partial charge in [0.15, 0.2) is 6.10 Å². The molecule has 0 saturated heterocycles. The van der Waals surface area contributed by atoms with Crippen molar-refractivity contribution < 1.29 is 28.6 Å². The molecule has 440 valence electrons. The number of ether oxygens (including phenoxy) is 3. The Morgan fingerprint density at radius 3 is 0.541 bits per heavy atom. The Hall–Kier alpha value is -1.59. The second-order valence-corrected chi connectivity index (χ2v) is 23.5. The van der Waals surface area contributed by atoms with Crippen molar-refractivity contribution in [3.05, 3.63) is 0 Å². The van der Waals surface area contributed by atoms with Gasteiger partial charge in [0, 0.05) is 19.3 Å². The van der Waals surface area contributed by atoms with E-state index in [0.29, 0.717) is 19.3 Å². The third kappa shape index (κ3) is 61.3. The SMILES string of the molecule is CCCCCCCCCCCCCCCCCCCCCCCCCCCC(=O)OCC(COC(=O)CCCCCCCCC)OC(=O)CCCCCCCCCCCCCCCCCCCCCCCCCC. The normalized spacial score (nSPS) is 11.9. The molecule has 6 heteroatoms. The molecule has 0 spiro atoms. The van der Waals surface area contributed by atoms with Crippen molar-refractivity contribution in [2.24, 2.45) is 0 Å². The fourth-order valence-electron chi connectivity index (χ4n) is 10.7. The summed E-state index contributed by atoms with van der Waals surface area (Å²) in [5.74, 6) is -0.834. The van der Waals surface area contributed by atoms with Crippen LogP contribution in [0.25, 0.3) is 0 Å². The summed E-state index contributed by atoms with van der Waals surface area (Å²) in [6, 6.07) is 0. The molecule has 0 amide bonds. The van der Waals surface area contributed by atoms with Gasteiger partial charge in [0.2, 0.25) is 0 Å². The van der Waals surface area contributed by atoms with Gasteiger partial charge in [-0.05, 0) is 19.3 Å². The third-order valence-electron chi connectivity index (χ3n) is 15.9. The summed E-state index contributed by atoms with van der Waals surface area (Å²) in [5.41, 5.74) is 0. The standard InChI is InChI=1S/C68H132O6/c1-4-7-10-13-16-18-20-22-24-26-28-30-32-34-36-37-39-41-43-45-47-49-52-55-58-61-67(70)73-64-65(63-72-66(69)60-57-54-51-15-12-9-6-3)74-68(71)62-59-56-53-50-48-46-44-42-40-38-35-33-31-29-27-25-23-21-19-17-14-11-8-5-2/h65H,4-64H2,1-3H3. The number of rotatable bonds is 64. The maximum Gasteiger partial charge on any atom is 0.306 e. The first-order chi connectivity index (χ1) is 36.5. The van der Waals surface area contributed by atoms with Crippen LogP contribution in [0.4, 0.5) is 0 Å². The molecule has 0 saturated carbocycles. The molecule has 0 bridgehead atoms. The minimum atomic E-state index is -0.761. The van der Waals surface area contributed by atoms with E-state index in [1.165, 1.54) is 302 Å². The van der Waals surface area contributed by atoms with Crippen LogP contribution in [-0.2, 0) is 28.6 Å². The number of carbonyl (C=O) groups excluding carboxylic acids is 3. The zero-order valence-corrected chi connectivity index (χ0v) is 50.7. The highest BCUT2D eigenvalue weighted by atomic mass is 16.6. The molecular formula is C68H132O6. The maximum atomic E-state index is 12.9. The van der Waals surface area contributed by atoms with Crippen molar-refractivity contribution in [2.45, 2.75) is 406 Å². The average molecular weight is 1050 g/mol. The Morgan fingerprint density at radius 1 is 0.216 bits per heavy atom. The van der Waals surface area contributed by atoms with E-state index in [-0.39, 0.29) is 31.1 Å². The van der Waals surface area contributed by atoms with E-state index in [2.05, 4.69) is 20.8 Å². The van der Waals surface area contributed by atoms with Crippen LogP contribution >= 0.6 is 0 Å². The van der Waals surface area contributed by atoms with Gasteiger partial charge in [0.1, 0.15) is 13.2 Å². The molecule has 0 aromatic carbocycles. The van der Waals surface area contributed by atoms with Gasteiger partial charge in [-0.15, -0.1) is 0 Å². The first kappa shape index (κ1) is 72.4. The van der Waals surface area contributed by atoms with E-state index in [0.717, 1.165) is 57.8 Å². The zero-order valence-electron chi connectivity index (χ0n) is 50.7. The van der Waals surface area contributed by atoms with Crippen LogP contribution in [0.5, 0.6) is 0 Å². The van der Waals surface area contributed by atoms with Crippen molar-refractivity contribution in [1.29, 1.82) is 0 Å². The number of unbranched alkanes of at least 4 members (excludes halogenated alkanes) is 53. The highest BCUT2D eigenvalue weighted by Crippen LogP contribution is 2.19. The molecule has 0 N–H and O–H groups in total. The molecule has 0 rings (SSSR count). The van der Waals surface area contributed by atoms with E-state index in [9.17, 15) is 14.4 Å². The van der Waals surface area contributed by atoms with Crippen LogP contribution < -0.4 is 0 Å². The maximum absolute atomic E-state index is 12.9. The minimum absolute atomic E-state index is 0.0613. The predicted octanol–water partition coefficient (Wildman–Crippen LogP) is 23.1. The van der Waals surface area contributed by atoms with Crippen LogP contribution in [0.3, 0.4) is 0 Å². The van der Waals surface area contributed by atoms with E-state index in [1.807, 2.05) is 0 Å². The number of hydrogen-bond donors (Lipinski definition) is 0. The Bertz CT molecular complexity index is 1110. The first-order valence-corrected chi connectivity index (χ1v) is 34.0. The average Bonchev–Trinajstić information content (AvgIpc) is 3.40. The monoisotopic (exact) mass is 1050 g/mol. The van der Waals surface area contributed by atoms with Crippen LogP contribution in [0.1, 0.15) is 400 Å². The molecule has 1 atom stereocenters. The zero-order chi connectivity index (χ0) is 53.6. The Kier molecular flexibility index (Phi) is 62.6. The van der Waals surface area contributed by atoms with E-state index in [4.69, 9.17) is 14.2 Å². The summed E-state index contributed by atoms with van der Waals surface area (Å²) < 4.78 is 16.9. The predicted molar refractivity (Wildman–Crippen MR) is 321 cm³/mol. The lowest BCUT2D eigenvalue weighted by atomic mass is 10.0. The summed E-state index contributed by atoms with van der Waals surface area (Å²) in [4.78, 5) is 38.1. The first-order valence-electron chi connectivity index (χ1n) is 34.0. The molecule has 1 unspecified atom stereocenters. The number of esters is 3. The molecule has 0 radical (unpaired) electrons. The topological polar surface area (TPSA) is 78.9 Å². The second kappa shape index (κ2) is 63.9. The molecule has 0 aromatic heterocycles.